The molecule has 2 rings (SSSR count). The first-order valence-electron chi connectivity index (χ1n) is 6.99. The molecule has 1 aromatic heterocycles. The monoisotopic (exact) mass is 390 g/mol. The van der Waals surface area contributed by atoms with E-state index in [-0.39, 0.29) is 11.2 Å². The summed E-state index contributed by atoms with van der Waals surface area (Å²) >= 11 is 14.7. The quantitative estimate of drug-likeness (QED) is 0.665. The number of amides is 1. The van der Waals surface area contributed by atoms with Gasteiger partial charge in [-0.1, -0.05) is 53.2 Å². The number of rotatable bonds is 7. The predicted molar refractivity (Wildman–Crippen MR) is 99.1 cm³/mol. The molecule has 1 aromatic carbocycles. The fraction of sp³-hybridized carbons (Fsp3) is 0.357. The molecule has 0 saturated heterocycles. The minimum Gasteiger partial charge on any atom is -0.360 e. The van der Waals surface area contributed by atoms with Gasteiger partial charge in [0.25, 0.3) is 0 Å². The maximum Gasteiger partial charge on any atom is 0.237 e. The van der Waals surface area contributed by atoms with Crippen molar-refractivity contribution in [3.63, 3.8) is 0 Å². The van der Waals surface area contributed by atoms with Crippen molar-refractivity contribution < 1.29 is 4.79 Å². The van der Waals surface area contributed by atoms with E-state index >= 15 is 0 Å². The van der Waals surface area contributed by atoms with Crippen molar-refractivity contribution in [3.8, 4) is 0 Å². The van der Waals surface area contributed by atoms with Crippen molar-refractivity contribution >= 4 is 63.0 Å². The van der Waals surface area contributed by atoms with Crippen LogP contribution in [0.2, 0.25) is 10.0 Å². The minimum absolute atomic E-state index is 0.169. The van der Waals surface area contributed by atoms with Gasteiger partial charge in [-0.15, -0.1) is 10.2 Å². The van der Waals surface area contributed by atoms with E-state index < -0.39 is 0 Å². The molecule has 1 atom stereocenters. The molecule has 0 aliphatic rings. The molecule has 0 aliphatic carbocycles. The van der Waals surface area contributed by atoms with Gasteiger partial charge in [-0.05, 0) is 31.5 Å². The number of carbonyl (C=O) groups excluding carboxylic acids is 1. The second-order valence-corrected chi connectivity index (χ2v) is 8.08. The highest BCUT2D eigenvalue weighted by atomic mass is 35.5. The van der Waals surface area contributed by atoms with Crippen LogP contribution < -0.4 is 10.6 Å². The summed E-state index contributed by atoms with van der Waals surface area (Å²) in [6.07, 6.45) is 1.02. The molecule has 2 N–H and O–H groups in total. The highest BCUT2D eigenvalue weighted by Crippen LogP contribution is 2.30. The first-order valence-corrected chi connectivity index (χ1v) is 9.44. The van der Waals surface area contributed by atoms with Crippen LogP contribution in [-0.2, 0) is 4.79 Å². The third-order valence-electron chi connectivity index (χ3n) is 2.77. The maximum atomic E-state index is 12.3. The fourth-order valence-electron chi connectivity index (χ4n) is 1.59. The highest BCUT2D eigenvalue weighted by Gasteiger charge is 2.18. The minimum atomic E-state index is -0.336. The van der Waals surface area contributed by atoms with Gasteiger partial charge in [0, 0.05) is 11.6 Å². The molecule has 0 spiro atoms. The number of benzene rings is 1. The Kier molecular flexibility index (Phi) is 6.95. The van der Waals surface area contributed by atoms with Crippen molar-refractivity contribution in [2.24, 2.45) is 0 Å². The van der Waals surface area contributed by atoms with Gasteiger partial charge in [0.05, 0.1) is 16.0 Å². The van der Waals surface area contributed by atoms with Gasteiger partial charge in [-0.25, -0.2) is 0 Å². The molecule has 23 heavy (non-hydrogen) atoms. The Morgan fingerprint density at radius 3 is 2.91 bits per heavy atom. The molecule has 0 aliphatic heterocycles. The van der Waals surface area contributed by atoms with Gasteiger partial charge in [0.15, 0.2) is 4.34 Å². The second-order valence-electron chi connectivity index (χ2n) is 4.67. The summed E-state index contributed by atoms with van der Waals surface area (Å²) in [5.74, 6) is -0.169. The number of anilines is 2. The number of thioether (sulfide) groups is 1. The smallest absolute Gasteiger partial charge is 0.237 e. The summed E-state index contributed by atoms with van der Waals surface area (Å²) in [5.41, 5.74) is 0.499. The van der Waals surface area contributed by atoms with Crippen molar-refractivity contribution in [1.82, 2.24) is 10.2 Å². The van der Waals surface area contributed by atoms with E-state index in [9.17, 15) is 4.79 Å². The summed E-state index contributed by atoms with van der Waals surface area (Å²) in [6, 6.07) is 4.94. The van der Waals surface area contributed by atoms with Crippen molar-refractivity contribution in [2.45, 2.75) is 29.9 Å². The lowest BCUT2D eigenvalue weighted by molar-refractivity contribution is -0.115. The largest absolute Gasteiger partial charge is 0.360 e. The number of carbonyl (C=O) groups is 1. The van der Waals surface area contributed by atoms with Crippen LogP contribution in [0.3, 0.4) is 0 Å². The number of hydrogen-bond donors (Lipinski definition) is 2. The molecule has 0 unspecified atom stereocenters. The summed E-state index contributed by atoms with van der Waals surface area (Å²) in [6.45, 7) is 4.73. The van der Waals surface area contributed by atoms with Gasteiger partial charge in [0.1, 0.15) is 0 Å². The van der Waals surface area contributed by atoms with Crippen LogP contribution >= 0.6 is 46.3 Å². The van der Waals surface area contributed by atoms with Crippen molar-refractivity contribution in [1.29, 1.82) is 0 Å². The van der Waals surface area contributed by atoms with E-state index in [1.807, 2.05) is 0 Å². The van der Waals surface area contributed by atoms with Crippen LogP contribution in [0.5, 0.6) is 0 Å². The lowest BCUT2D eigenvalue weighted by atomic mass is 10.3. The summed E-state index contributed by atoms with van der Waals surface area (Å²) in [5, 5.41) is 15.4. The molecule has 124 valence electrons. The van der Waals surface area contributed by atoms with Gasteiger partial charge < -0.3 is 10.6 Å². The Hall–Kier alpha value is -1.02. The fourth-order valence-corrected chi connectivity index (χ4v) is 3.85. The SMILES string of the molecule is CCCNc1nnc(S[C@H](C)C(=O)Nc2cc(Cl)ccc2Cl)s1. The Labute approximate surface area is 153 Å². The van der Waals surface area contributed by atoms with E-state index in [1.54, 1.807) is 25.1 Å². The lowest BCUT2D eigenvalue weighted by Crippen LogP contribution is -2.22. The average Bonchev–Trinajstić information content (AvgIpc) is 2.96. The third-order valence-corrected chi connectivity index (χ3v) is 5.40. The van der Waals surface area contributed by atoms with Crippen molar-refractivity contribution in [2.75, 3.05) is 17.2 Å². The normalized spacial score (nSPS) is 12.0. The standard InChI is InChI=1S/C14H16Cl2N4OS2/c1-3-6-17-13-19-20-14(23-13)22-8(2)12(21)18-11-7-9(15)4-5-10(11)16/h4-5,7-8H,3,6H2,1-2H3,(H,17,19)(H,18,21)/t8-/m1/s1. The molecule has 0 fully saturated rings. The van der Waals surface area contributed by atoms with Crippen molar-refractivity contribution in [3.05, 3.63) is 28.2 Å². The van der Waals surface area contributed by atoms with Crippen LogP contribution in [0.15, 0.2) is 22.5 Å². The number of halogens is 2. The van der Waals surface area contributed by atoms with Gasteiger partial charge >= 0.3 is 0 Å². The highest BCUT2D eigenvalue weighted by molar-refractivity contribution is 8.02. The van der Waals surface area contributed by atoms with Crippen LogP contribution in [0, 0.1) is 0 Å². The van der Waals surface area contributed by atoms with E-state index in [0.29, 0.717) is 15.7 Å². The number of nitrogens with one attached hydrogen (secondary N) is 2. The molecule has 9 heteroatoms. The first-order chi connectivity index (χ1) is 11.0. The second kappa shape index (κ2) is 8.73. The zero-order valence-electron chi connectivity index (χ0n) is 12.6. The average molecular weight is 391 g/mol. The van der Waals surface area contributed by atoms with E-state index in [0.717, 1.165) is 22.4 Å². The molecule has 2 aromatic rings. The van der Waals surface area contributed by atoms with Crippen LogP contribution in [-0.4, -0.2) is 27.9 Å². The Morgan fingerprint density at radius 2 is 2.17 bits per heavy atom. The Balaban J connectivity index is 1.94. The molecular weight excluding hydrogens is 375 g/mol. The third kappa shape index (κ3) is 5.53. The maximum absolute atomic E-state index is 12.3. The van der Waals surface area contributed by atoms with Crippen LogP contribution in [0.1, 0.15) is 20.3 Å². The molecule has 0 bridgehead atoms. The Bertz CT molecular complexity index is 681. The molecular formula is C14H16Cl2N4OS2. The molecule has 0 saturated carbocycles. The van der Waals surface area contributed by atoms with E-state index in [1.165, 1.54) is 23.1 Å². The Morgan fingerprint density at radius 1 is 1.39 bits per heavy atom. The van der Waals surface area contributed by atoms with Gasteiger partial charge in [0.2, 0.25) is 11.0 Å². The summed E-state index contributed by atoms with van der Waals surface area (Å²) in [7, 11) is 0. The molecule has 1 amide bonds. The lowest BCUT2D eigenvalue weighted by Gasteiger charge is -2.11. The summed E-state index contributed by atoms with van der Waals surface area (Å²) < 4.78 is 0.739. The van der Waals surface area contributed by atoms with Crippen LogP contribution in [0.4, 0.5) is 10.8 Å². The van der Waals surface area contributed by atoms with E-state index in [2.05, 4.69) is 27.8 Å². The number of aromatic nitrogens is 2. The molecule has 1 heterocycles. The van der Waals surface area contributed by atoms with E-state index in [4.69, 9.17) is 23.2 Å². The zero-order valence-corrected chi connectivity index (χ0v) is 15.7. The topological polar surface area (TPSA) is 66.9 Å². The number of hydrogen-bond acceptors (Lipinski definition) is 6. The summed E-state index contributed by atoms with van der Waals surface area (Å²) in [4.78, 5) is 12.3. The molecule has 0 radical (unpaired) electrons. The van der Waals surface area contributed by atoms with Gasteiger partial charge in [-0.2, -0.15) is 0 Å². The first kappa shape index (κ1) is 18.3. The zero-order chi connectivity index (χ0) is 16.8. The predicted octanol–water partition coefficient (Wildman–Crippen LogP) is 4.79. The van der Waals surface area contributed by atoms with Crippen LogP contribution in [0.25, 0.3) is 0 Å². The molecule has 5 nitrogen and oxygen atoms in total. The van der Waals surface area contributed by atoms with Gasteiger partial charge in [-0.3, -0.25) is 4.79 Å². The number of nitrogens with zero attached hydrogens (tertiary/aromatic N) is 2.